The van der Waals surface area contributed by atoms with Crippen LogP contribution in [0.3, 0.4) is 0 Å². The third-order valence-corrected chi connectivity index (χ3v) is 4.47. The molecule has 1 aliphatic rings. The Bertz CT molecular complexity index is 38.8. The van der Waals surface area contributed by atoms with Crippen molar-refractivity contribution in [2.75, 3.05) is 12.3 Å². The molecule has 0 aromatic heterocycles. The molecule has 0 aromatic rings. The minimum Gasteiger partial charge on any atom is -0.111 e. The van der Waals surface area contributed by atoms with Crippen molar-refractivity contribution in [1.82, 2.24) is 0 Å². The molecule has 0 bridgehead atoms. The van der Waals surface area contributed by atoms with Gasteiger partial charge in [-0.25, -0.2) is 0 Å². The molecule has 0 saturated carbocycles. The fraction of sp³-hybridized carbons (Fsp3) is 1.00. The van der Waals surface area contributed by atoms with Crippen LogP contribution in [0.1, 0.15) is 12.8 Å². The Morgan fingerprint density at radius 1 is 1.17 bits per heavy atom. The molecule has 1 unspecified atom stereocenters. The van der Waals surface area contributed by atoms with Crippen molar-refractivity contribution in [3.05, 3.63) is 0 Å². The second-order valence-corrected chi connectivity index (χ2v) is 6.01. The van der Waals surface area contributed by atoms with Crippen LogP contribution in [0.15, 0.2) is 0 Å². The fourth-order valence-electron chi connectivity index (χ4n) is 0.742. The average molecular weight is 120 g/mol. The zero-order valence-electron chi connectivity index (χ0n) is 3.85. The lowest BCUT2D eigenvalue weighted by Crippen LogP contribution is -1.58. The van der Waals surface area contributed by atoms with Gasteiger partial charge >= 0.3 is 0 Å². The predicted octanol–water partition coefficient (Wildman–Crippen LogP) is 2.05. The van der Waals surface area contributed by atoms with E-state index in [-0.39, 0.29) is 0 Å². The number of rotatable bonds is 0. The Morgan fingerprint density at radius 2 is 1.67 bits per heavy atom. The third kappa shape index (κ3) is 1.17. The summed E-state index contributed by atoms with van der Waals surface area (Å²) in [5.41, 5.74) is 0. The highest BCUT2D eigenvalue weighted by atomic mass is 32.0. The molecule has 1 heterocycles. The molecule has 1 saturated heterocycles. The van der Waals surface area contributed by atoms with Gasteiger partial charge in [0.2, 0.25) is 0 Å². The Kier molecular flexibility index (Phi) is 1.87. The molecule has 0 radical (unpaired) electrons. The summed E-state index contributed by atoms with van der Waals surface area (Å²) in [7, 11) is 3.39. The van der Waals surface area contributed by atoms with Gasteiger partial charge in [-0.15, -0.1) is 8.93 Å². The SMILES string of the molecule is PP1CCCC1. The Labute approximate surface area is 42.6 Å². The maximum absolute atomic E-state index is 2.94. The van der Waals surface area contributed by atoms with E-state index in [1.54, 1.807) is 0 Å². The van der Waals surface area contributed by atoms with E-state index in [2.05, 4.69) is 8.93 Å². The van der Waals surface area contributed by atoms with E-state index in [1.165, 1.54) is 25.2 Å². The second kappa shape index (κ2) is 2.24. The molecule has 0 N–H and O–H groups in total. The van der Waals surface area contributed by atoms with Crippen molar-refractivity contribution in [2.24, 2.45) is 0 Å². The van der Waals surface area contributed by atoms with Gasteiger partial charge in [0.1, 0.15) is 0 Å². The van der Waals surface area contributed by atoms with Crippen molar-refractivity contribution >= 4 is 16.5 Å². The molecule has 6 heavy (non-hydrogen) atoms. The van der Waals surface area contributed by atoms with Gasteiger partial charge in [-0.2, -0.15) is 0 Å². The lowest BCUT2D eigenvalue weighted by Gasteiger charge is -1.93. The maximum Gasteiger partial charge on any atom is -0.0292 e. The lowest BCUT2D eigenvalue weighted by atomic mass is 10.4. The van der Waals surface area contributed by atoms with Gasteiger partial charge in [0.15, 0.2) is 0 Å². The molecule has 1 fully saturated rings. The first-order valence-corrected chi connectivity index (χ1v) is 5.72. The molecule has 0 spiro atoms. The summed E-state index contributed by atoms with van der Waals surface area (Å²) >= 11 is 0. The van der Waals surface area contributed by atoms with Gasteiger partial charge < -0.3 is 0 Å². The minimum absolute atomic E-state index is 0.452. The van der Waals surface area contributed by atoms with Crippen LogP contribution >= 0.6 is 16.5 Å². The summed E-state index contributed by atoms with van der Waals surface area (Å²) in [6.07, 6.45) is 6.02. The lowest BCUT2D eigenvalue weighted by molar-refractivity contribution is 0.949. The smallest absolute Gasteiger partial charge is 0.0292 e. The zero-order valence-corrected chi connectivity index (χ0v) is 5.90. The molecule has 1 atom stereocenters. The molecule has 0 nitrogen and oxygen atoms in total. The topological polar surface area (TPSA) is 0 Å². The van der Waals surface area contributed by atoms with Crippen LogP contribution in [0.25, 0.3) is 0 Å². The maximum atomic E-state index is 2.94. The first-order chi connectivity index (χ1) is 2.89. The highest BCUT2D eigenvalue weighted by molar-refractivity contribution is 8.13. The predicted molar refractivity (Wildman–Crippen MR) is 35.6 cm³/mol. The summed E-state index contributed by atoms with van der Waals surface area (Å²) < 4.78 is 0. The number of hydrogen-bond donors (Lipinski definition) is 0. The van der Waals surface area contributed by atoms with Gasteiger partial charge in [0.05, 0.1) is 0 Å². The van der Waals surface area contributed by atoms with Crippen LogP contribution in [0.2, 0.25) is 0 Å². The first kappa shape index (κ1) is 5.01. The normalized spacial score (nSPS) is 25.5. The van der Waals surface area contributed by atoms with E-state index >= 15 is 0 Å². The third-order valence-electron chi connectivity index (χ3n) is 1.14. The first-order valence-electron chi connectivity index (χ1n) is 2.39. The summed E-state index contributed by atoms with van der Waals surface area (Å²) in [6.45, 7) is 0. The Hall–Kier alpha value is 0.860. The molecule has 36 valence electrons. The van der Waals surface area contributed by atoms with Crippen molar-refractivity contribution in [3.8, 4) is 0 Å². The average Bonchev–Trinajstić information content (AvgIpc) is 1.86. The summed E-state index contributed by atoms with van der Waals surface area (Å²) in [4.78, 5) is 0. The standard InChI is InChI=1S/C4H10P2/c5-6-3-1-2-4-6/h1-5H2. The van der Waals surface area contributed by atoms with Crippen molar-refractivity contribution < 1.29 is 0 Å². The van der Waals surface area contributed by atoms with Crippen LogP contribution in [-0.4, -0.2) is 12.3 Å². The summed E-state index contributed by atoms with van der Waals surface area (Å²) in [5, 5.41) is 0. The summed E-state index contributed by atoms with van der Waals surface area (Å²) in [5.74, 6) is 0. The van der Waals surface area contributed by atoms with Crippen LogP contribution in [0, 0.1) is 0 Å². The van der Waals surface area contributed by atoms with Gasteiger partial charge in [-0.3, -0.25) is 0 Å². The summed E-state index contributed by atoms with van der Waals surface area (Å²) in [6, 6.07) is 0. The Balaban J connectivity index is 2.18. The minimum atomic E-state index is 0.452. The molecule has 2 heteroatoms. The molecule has 1 aliphatic heterocycles. The highest BCUT2D eigenvalue weighted by Crippen LogP contribution is 2.50. The quantitative estimate of drug-likeness (QED) is 0.429. The van der Waals surface area contributed by atoms with Crippen LogP contribution < -0.4 is 0 Å². The molecule has 0 aliphatic carbocycles. The fourth-order valence-corrected chi connectivity index (χ4v) is 3.32. The van der Waals surface area contributed by atoms with E-state index < -0.39 is 0 Å². The van der Waals surface area contributed by atoms with E-state index in [4.69, 9.17) is 0 Å². The van der Waals surface area contributed by atoms with Crippen LogP contribution in [-0.2, 0) is 0 Å². The largest absolute Gasteiger partial charge is 0.111 e. The Morgan fingerprint density at radius 3 is 1.83 bits per heavy atom. The molecule has 1 rings (SSSR count). The van der Waals surface area contributed by atoms with E-state index in [9.17, 15) is 0 Å². The molecular weight excluding hydrogens is 110 g/mol. The zero-order chi connectivity index (χ0) is 4.41. The van der Waals surface area contributed by atoms with Gasteiger partial charge in [0.25, 0.3) is 0 Å². The van der Waals surface area contributed by atoms with Crippen molar-refractivity contribution in [1.29, 1.82) is 0 Å². The highest BCUT2D eigenvalue weighted by Gasteiger charge is 2.06. The van der Waals surface area contributed by atoms with Gasteiger partial charge in [-0.1, -0.05) is 7.61 Å². The molecule has 0 amide bonds. The number of hydrogen-bond acceptors (Lipinski definition) is 0. The van der Waals surface area contributed by atoms with Crippen LogP contribution in [0.4, 0.5) is 0 Å². The van der Waals surface area contributed by atoms with Crippen molar-refractivity contribution in [2.45, 2.75) is 12.8 Å². The van der Waals surface area contributed by atoms with Gasteiger partial charge in [-0.05, 0) is 25.2 Å². The van der Waals surface area contributed by atoms with E-state index in [0.29, 0.717) is 7.61 Å². The van der Waals surface area contributed by atoms with E-state index in [1.807, 2.05) is 0 Å². The van der Waals surface area contributed by atoms with Crippen LogP contribution in [0.5, 0.6) is 0 Å². The van der Waals surface area contributed by atoms with Gasteiger partial charge in [0, 0.05) is 0 Å². The monoisotopic (exact) mass is 120 g/mol. The van der Waals surface area contributed by atoms with Crippen molar-refractivity contribution in [3.63, 3.8) is 0 Å². The molecular formula is C4H10P2. The molecule has 0 aromatic carbocycles. The second-order valence-electron chi connectivity index (χ2n) is 1.74. The van der Waals surface area contributed by atoms with E-state index in [0.717, 1.165) is 0 Å².